The van der Waals surface area contributed by atoms with Crippen LogP contribution in [-0.2, 0) is 6.54 Å². The van der Waals surface area contributed by atoms with Crippen molar-refractivity contribution in [2.24, 2.45) is 0 Å². The quantitative estimate of drug-likeness (QED) is 0.900. The molecule has 1 aromatic rings. The van der Waals surface area contributed by atoms with Crippen LogP contribution in [0.2, 0.25) is 0 Å². The van der Waals surface area contributed by atoms with Gasteiger partial charge in [0.2, 0.25) is 0 Å². The predicted molar refractivity (Wildman–Crippen MR) is 86.7 cm³/mol. The van der Waals surface area contributed by atoms with E-state index in [1.807, 2.05) is 0 Å². The Kier molecular flexibility index (Phi) is 4.81. The first-order valence-corrected chi connectivity index (χ1v) is 8.46. The second-order valence-electron chi connectivity index (χ2n) is 6.65. The number of nitrogens with one attached hydrogen (secondary N) is 1. The Morgan fingerprint density at radius 2 is 2.05 bits per heavy atom. The highest BCUT2D eigenvalue weighted by Gasteiger charge is 2.34. The summed E-state index contributed by atoms with van der Waals surface area (Å²) in [4.78, 5) is 2.68. The van der Waals surface area contributed by atoms with Crippen molar-refractivity contribution < 1.29 is 4.74 Å². The lowest BCUT2D eigenvalue weighted by Gasteiger charge is -2.32. The average Bonchev–Trinajstić information content (AvgIpc) is 2.89. The van der Waals surface area contributed by atoms with Crippen molar-refractivity contribution in [3.63, 3.8) is 0 Å². The Labute approximate surface area is 128 Å². The molecule has 0 saturated carbocycles. The first-order valence-electron chi connectivity index (χ1n) is 8.46. The van der Waals surface area contributed by atoms with Gasteiger partial charge in [-0.05, 0) is 45.7 Å². The van der Waals surface area contributed by atoms with E-state index in [1.54, 1.807) is 0 Å². The van der Waals surface area contributed by atoms with Crippen LogP contribution < -0.4 is 10.1 Å². The van der Waals surface area contributed by atoms with Gasteiger partial charge in [-0.2, -0.15) is 0 Å². The molecule has 2 heterocycles. The molecule has 2 atom stereocenters. The molecule has 3 nitrogen and oxygen atoms in total. The number of nitrogens with zero attached hydrogens (tertiary/aromatic N) is 1. The van der Waals surface area contributed by atoms with Crippen molar-refractivity contribution in [1.82, 2.24) is 10.2 Å². The Balaban J connectivity index is 1.60. The molecule has 1 N–H and O–H groups in total. The standard InChI is InChI=1S/C18H28N2O/c1-14(2)21-18-9-4-3-7-15(18)13-19-16-10-12-20-11-6-5-8-17(16)20/h3-4,7,9,14,16-17,19H,5-6,8,10-13H2,1-2H3. The Morgan fingerprint density at radius 1 is 1.19 bits per heavy atom. The van der Waals surface area contributed by atoms with Gasteiger partial charge in [0.05, 0.1) is 6.10 Å². The number of hydrogen-bond acceptors (Lipinski definition) is 3. The summed E-state index contributed by atoms with van der Waals surface area (Å²) in [5.74, 6) is 1.03. The molecule has 0 bridgehead atoms. The van der Waals surface area contributed by atoms with E-state index in [1.165, 1.54) is 44.3 Å². The predicted octanol–water partition coefficient (Wildman–Crippen LogP) is 3.19. The van der Waals surface area contributed by atoms with Crippen molar-refractivity contribution in [2.45, 2.75) is 64.3 Å². The van der Waals surface area contributed by atoms with Crippen molar-refractivity contribution in [3.8, 4) is 5.75 Å². The molecule has 2 saturated heterocycles. The smallest absolute Gasteiger partial charge is 0.124 e. The molecule has 0 spiro atoms. The SMILES string of the molecule is CC(C)Oc1ccccc1CNC1CCN2CCCCC12. The van der Waals surface area contributed by atoms with E-state index in [0.29, 0.717) is 6.04 Å². The van der Waals surface area contributed by atoms with Gasteiger partial charge in [0.1, 0.15) is 5.75 Å². The van der Waals surface area contributed by atoms with Gasteiger partial charge in [-0.15, -0.1) is 0 Å². The van der Waals surface area contributed by atoms with Crippen LogP contribution in [0, 0.1) is 0 Å². The van der Waals surface area contributed by atoms with E-state index in [2.05, 4.69) is 48.3 Å². The van der Waals surface area contributed by atoms with E-state index >= 15 is 0 Å². The third-order valence-electron chi connectivity index (χ3n) is 4.75. The Bertz CT molecular complexity index is 460. The third kappa shape index (κ3) is 3.58. The van der Waals surface area contributed by atoms with E-state index in [4.69, 9.17) is 4.74 Å². The van der Waals surface area contributed by atoms with Crippen LogP contribution in [0.25, 0.3) is 0 Å². The monoisotopic (exact) mass is 288 g/mol. The van der Waals surface area contributed by atoms with Crippen molar-refractivity contribution in [2.75, 3.05) is 13.1 Å². The normalized spacial score (nSPS) is 26.0. The van der Waals surface area contributed by atoms with Gasteiger partial charge in [0, 0.05) is 30.7 Å². The molecule has 1 aromatic carbocycles. The maximum atomic E-state index is 5.92. The second kappa shape index (κ2) is 6.80. The molecule has 2 aliphatic rings. The van der Waals surface area contributed by atoms with Crippen LogP contribution in [0.5, 0.6) is 5.75 Å². The highest BCUT2D eigenvalue weighted by molar-refractivity contribution is 5.33. The summed E-state index contributed by atoms with van der Waals surface area (Å²) >= 11 is 0. The van der Waals surface area contributed by atoms with Gasteiger partial charge < -0.3 is 10.1 Å². The lowest BCUT2D eigenvalue weighted by atomic mass is 9.99. The molecule has 0 aromatic heterocycles. The number of benzene rings is 1. The molecule has 0 amide bonds. The zero-order chi connectivity index (χ0) is 14.7. The molecule has 0 radical (unpaired) electrons. The van der Waals surface area contributed by atoms with Gasteiger partial charge in [0.15, 0.2) is 0 Å². The minimum atomic E-state index is 0.228. The van der Waals surface area contributed by atoms with Crippen LogP contribution in [-0.4, -0.2) is 36.2 Å². The molecule has 0 aliphatic carbocycles. The van der Waals surface area contributed by atoms with E-state index in [-0.39, 0.29) is 6.10 Å². The summed E-state index contributed by atoms with van der Waals surface area (Å²) in [6, 6.07) is 9.83. The van der Waals surface area contributed by atoms with Crippen molar-refractivity contribution in [1.29, 1.82) is 0 Å². The summed E-state index contributed by atoms with van der Waals surface area (Å²) in [5.41, 5.74) is 1.28. The van der Waals surface area contributed by atoms with Crippen LogP contribution in [0.15, 0.2) is 24.3 Å². The zero-order valence-corrected chi connectivity index (χ0v) is 13.3. The lowest BCUT2D eigenvalue weighted by Crippen LogP contribution is -2.44. The number of ether oxygens (including phenoxy) is 1. The summed E-state index contributed by atoms with van der Waals surface area (Å²) < 4.78 is 5.92. The van der Waals surface area contributed by atoms with Crippen molar-refractivity contribution in [3.05, 3.63) is 29.8 Å². The zero-order valence-electron chi connectivity index (χ0n) is 13.3. The average molecular weight is 288 g/mol. The van der Waals surface area contributed by atoms with E-state index < -0.39 is 0 Å². The van der Waals surface area contributed by atoms with Crippen LogP contribution >= 0.6 is 0 Å². The molecule has 2 fully saturated rings. The Morgan fingerprint density at radius 3 is 2.90 bits per heavy atom. The van der Waals surface area contributed by atoms with Crippen molar-refractivity contribution >= 4 is 0 Å². The summed E-state index contributed by atoms with van der Waals surface area (Å²) in [7, 11) is 0. The fourth-order valence-corrected chi connectivity index (χ4v) is 3.75. The minimum absolute atomic E-state index is 0.228. The van der Waals surface area contributed by atoms with Crippen LogP contribution in [0.1, 0.15) is 45.1 Å². The fourth-order valence-electron chi connectivity index (χ4n) is 3.75. The number of hydrogen-bond donors (Lipinski definition) is 1. The Hall–Kier alpha value is -1.06. The number of para-hydroxylation sites is 1. The second-order valence-corrected chi connectivity index (χ2v) is 6.65. The molecular formula is C18H28N2O. The van der Waals surface area contributed by atoms with Crippen LogP contribution in [0.3, 0.4) is 0 Å². The first kappa shape index (κ1) is 14.9. The largest absolute Gasteiger partial charge is 0.491 e. The molecule has 2 aliphatic heterocycles. The minimum Gasteiger partial charge on any atom is -0.491 e. The first-order chi connectivity index (χ1) is 10.2. The number of piperidine rings is 1. The maximum Gasteiger partial charge on any atom is 0.124 e. The van der Waals surface area contributed by atoms with Gasteiger partial charge in [-0.3, -0.25) is 4.90 Å². The van der Waals surface area contributed by atoms with Crippen LogP contribution in [0.4, 0.5) is 0 Å². The highest BCUT2D eigenvalue weighted by Crippen LogP contribution is 2.28. The number of rotatable bonds is 5. The molecule has 116 valence electrons. The van der Waals surface area contributed by atoms with E-state index in [9.17, 15) is 0 Å². The topological polar surface area (TPSA) is 24.5 Å². The van der Waals surface area contributed by atoms with Gasteiger partial charge in [-0.25, -0.2) is 0 Å². The number of fused-ring (bicyclic) bond motifs is 1. The third-order valence-corrected chi connectivity index (χ3v) is 4.75. The van der Waals surface area contributed by atoms with Gasteiger partial charge in [-0.1, -0.05) is 24.6 Å². The molecular weight excluding hydrogens is 260 g/mol. The summed E-state index contributed by atoms with van der Waals surface area (Å²) in [6.45, 7) is 7.66. The van der Waals surface area contributed by atoms with Gasteiger partial charge in [0.25, 0.3) is 0 Å². The molecule has 21 heavy (non-hydrogen) atoms. The molecule has 3 rings (SSSR count). The highest BCUT2D eigenvalue weighted by atomic mass is 16.5. The molecule has 2 unspecified atom stereocenters. The summed E-state index contributed by atoms with van der Waals surface area (Å²) in [5, 5.41) is 3.79. The summed E-state index contributed by atoms with van der Waals surface area (Å²) in [6.07, 6.45) is 5.66. The van der Waals surface area contributed by atoms with E-state index in [0.717, 1.165) is 18.3 Å². The van der Waals surface area contributed by atoms with Gasteiger partial charge >= 0.3 is 0 Å². The maximum absolute atomic E-state index is 5.92. The fraction of sp³-hybridized carbons (Fsp3) is 0.667. The molecule has 3 heteroatoms. The lowest BCUT2D eigenvalue weighted by molar-refractivity contribution is 0.180.